The van der Waals surface area contributed by atoms with Crippen molar-refractivity contribution in [3.05, 3.63) is 107 Å². The van der Waals surface area contributed by atoms with E-state index in [4.69, 9.17) is 0 Å². The molecule has 0 nitrogen and oxygen atoms in total. The van der Waals surface area contributed by atoms with Gasteiger partial charge in [-0.25, -0.2) is 0 Å². The van der Waals surface area contributed by atoms with Gasteiger partial charge in [-0.2, -0.15) is 0 Å². The fourth-order valence-corrected chi connectivity index (χ4v) is 17.3. The van der Waals surface area contributed by atoms with E-state index in [-0.39, 0.29) is 10.8 Å². The Morgan fingerprint density at radius 2 is 0.894 bits per heavy atom. The van der Waals surface area contributed by atoms with Crippen LogP contribution in [0.5, 0.6) is 0 Å². The molecular formula is C46H64Si. The second kappa shape index (κ2) is 12.5. The van der Waals surface area contributed by atoms with Gasteiger partial charge in [0.2, 0.25) is 0 Å². The second-order valence-electron chi connectivity index (χ2n) is 19.2. The van der Waals surface area contributed by atoms with Crippen molar-refractivity contribution in [2.24, 2.45) is 47.3 Å². The van der Waals surface area contributed by atoms with Gasteiger partial charge in [-0.15, -0.1) is 0 Å². The smallest absolute Gasteiger partial charge is 0.0553 e. The van der Waals surface area contributed by atoms with Crippen LogP contribution in [-0.4, -0.2) is 8.07 Å². The van der Waals surface area contributed by atoms with E-state index in [0.29, 0.717) is 35.5 Å². The third-order valence-corrected chi connectivity index (χ3v) is 18.4. The van der Waals surface area contributed by atoms with E-state index in [1.165, 1.54) is 35.1 Å². The minimum Gasteiger partial charge on any atom is -0.0808 e. The van der Waals surface area contributed by atoms with Gasteiger partial charge in [0.05, 0.1) is 8.07 Å². The largest absolute Gasteiger partial charge is 0.0808 e. The summed E-state index contributed by atoms with van der Waals surface area (Å²) in [4.78, 5) is 0. The molecule has 1 heteroatoms. The Balaban J connectivity index is 1.33. The lowest BCUT2D eigenvalue weighted by Gasteiger charge is -2.48. The molecule has 0 spiro atoms. The normalized spacial score (nSPS) is 30.9. The Hall–Kier alpha value is -2.38. The number of benzene rings is 2. The first-order valence-electron chi connectivity index (χ1n) is 19.0. The first-order chi connectivity index (χ1) is 22.0. The zero-order valence-electron chi connectivity index (χ0n) is 31.8. The highest BCUT2D eigenvalue weighted by atomic mass is 28.3. The number of fused-ring (bicyclic) bond motifs is 2. The van der Waals surface area contributed by atoms with Crippen LogP contribution in [0.3, 0.4) is 0 Å². The van der Waals surface area contributed by atoms with Gasteiger partial charge in [-0.3, -0.25) is 0 Å². The van der Waals surface area contributed by atoms with Crippen molar-refractivity contribution in [3.63, 3.8) is 0 Å². The van der Waals surface area contributed by atoms with Crippen LogP contribution in [0.2, 0.25) is 24.2 Å². The lowest BCUT2D eigenvalue weighted by atomic mass is 9.80. The van der Waals surface area contributed by atoms with Crippen molar-refractivity contribution in [2.75, 3.05) is 0 Å². The predicted molar refractivity (Wildman–Crippen MR) is 209 cm³/mol. The SMILES string of the molecule is CC(C)C1CC2C(c3ccc(C(C)(C)C)cc3)=CC=CC2C1[Si](C)(C)C1C2C=CC=C(c3ccc(C(C)(C)C)cc3)C2CC1C(C)C. The molecule has 2 aromatic rings. The molecule has 0 heterocycles. The topological polar surface area (TPSA) is 0 Å². The van der Waals surface area contributed by atoms with Gasteiger partial charge in [0.1, 0.15) is 0 Å². The van der Waals surface area contributed by atoms with Crippen LogP contribution in [0.1, 0.15) is 104 Å². The molecular weight excluding hydrogens is 581 g/mol. The summed E-state index contributed by atoms with van der Waals surface area (Å²) in [7, 11) is -1.79. The Morgan fingerprint density at radius 3 is 1.19 bits per heavy atom. The highest BCUT2D eigenvalue weighted by Crippen LogP contribution is 2.66. The molecule has 47 heavy (non-hydrogen) atoms. The van der Waals surface area contributed by atoms with Crippen molar-refractivity contribution in [3.8, 4) is 0 Å². The maximum atomic E-state index is 2.84. The summed E-state index contributed by atoms with van der Waals surface area (Å²) >= 11 is 0. The maximum Gasteiger partial charge on any atom is 0.0553 e. The van der Waals surface area contributed by atoms with Crippen molar-refractivity contribution < 1.29 is 0 Å². The summed E-state index contributed by atoms with van der Waals surface area (Å²) in [5, 5.41) is 0. The fraction of sp³-hybridized carbons (Fsp3) is 0.565. The lowest BCUT2D eigenvalue weighted by molar-refractivity contribution is 0.351. The Bertz CT molecular complexity index is 1430. The molecule has 0 saturated heterocycles. The lowest BCUT2D eigenvalue weighted by Crippen LogP contribution is -2.47. The van der Waals surface area contributed by atoms with Crippen LogP contribution in [0.15, 0.2) is 85.0 Å². The summed E-state index contributed by atoms with van der Waals surface area (Å²) in [5.74, 6) is 5.58. The van der Waals surface area contributed by atoms with Gasteiger partial charge in [-0.05, 0) is 115 Å². The molecule has 4 aliphatic rings. The van der Waals surface area contributed by atoms with Gasteiger partial charge < -0.3 is 0 Å². The maximum absolute atomic E-state index is 2.84. The average molecular weight is 645 g/mol. The van der Waals surface area contributed by atoms with Gasteiger partial charge >= 0.3 is 0 Å². The fourth-order valence-electron chi connectivity index (χ4n) is 10.9. The number of allylic oxidation sites excluding steroid dienone is 8. The van der Waals surface area contributed by atoms with E-state index in [1.807, 2.05) is 0 Å². The third-order valence-electron chi connectivity index (χ3n) is 13.3. The summed E-state index contributed by atoms with van der Waals surface area (Å²) in [5.41, 5.74) is 10.9. The molecule has 8 atom stereocenters. The van der Waals surface area contributed by atoms with Gasteiger partial charge in [0, 0.05) is 0 Å². The minimum absolute atomic E-state index is 0.184. The van der Waals surface area contributed by atoms with Crippen molar-refractivity contribution in [1.82, 2.24) is 0 Å². The zero-order valence-corrected chi connectivity index (χ0v) is 32.8. The molecule has 0 bridgehead atoms. The monoisotopic (exact) mass is 644 g/mol. The average Bonchev–Trinajstić information content (AvgIpc) is 3.61. The molecule has 0 N–H and O–H groups in total. The zero-order chi connectivity index (χ0) is 34.1. The number of rotatable bonds is 6. The second-order valence-corrected chi connectivity index (χ2v) is 24.2. The Kier molecular flexibility index (Phi) is 9.17. The Labute approximate surface area is 289 Å². The summed E-state index contributed by atoms with van der Waals surface area (Å²) in [6, 6.07) is 19.2. The standard InChI is InChI=1S/C46H64Si/c1-29(2)39-27-41-35(31-19-23-33(24-20-31)45(5,6)7)15-13-17-37(41)43(39)47(11,12)44-38-18-14-16-36(42(38)28-40(44)30(3)4)32-21-25-34(26-22-32)46(8,9)10/h13-26,29-30,37-44H,27-28H2,1-12H3. The van der Waals surface area contributed by atoms with Crippen molar-refractivity contribution in [2.45, 2.75) is 117 Å². The molecule has 6 rings (SSSR count). The molecule has 2 aromatic carbocycles. The van der Waals surface area contributed by atoms with E-state index >= 15 is 0 Å². The van der Waals surface area contributed by atoms with Crippen LogP contribution in [0.4, 0.5) is 0 Å². The first-order valence-corrected chi connectivity index (χ1v) is 22.1. The van der Waals surface area contributed by atoms with Gasteiger partial charge in [0.15, 0.2) is 0 Å². The molecule has 0 radical (unpaired) electrons. The van der Waals surface area contributed by atoms with Crippen LogP contribution >= 0.6 is 0 Å². The molecule has 2 fully saturated rings. The molecule has 0 aliphatic heterocycles. The summed E-state index contributed by atoms with van der Waals surface area (Å²) in [6.07, 6.45) is 17.8. The summed E-state index contributed by atoms with van der Waals surface area (Å²) in [6.45, 7) is 29.7. The molecule has 0 amide bonds. The predicted octanol–water partition coefficient (Wildman–Crippen LogP) is 13.2. The molecule has 0 aromatic heterocycles. The van der Waals surface area contributed by atoms with Gasteiger partial charge in [-0.1, -0.05) is 167 Å². The highest BCUT2D eigenvalue weighted by molar-refractivity contribution is 6.80. The van der Waals surface area contributed by atoms with Crippen LogP contribution < -0.4 is 0 Å². The van der Waals surface area contributed by atoms with Crippen LogP contribution in [-0.2, 0) is 10.8 Å². The van der Waals surface area contributed by atoms with Crippen molar-refractivity contribution in [1.29, 1.82) is 0 Å². The van der Waals surface area contributed by atoms with E-state index in [2.05, 4.69) is 167 Å². The highest BCUT2D eigenvalue weighted by Gasteiger charge is 2.60. The van der Waals surface area contributed by atoms with E-state index < -0.39 is 8.07 Å². The quantitative estimate of drug-likeness (QED) is 0.275. The number of hydrogen-bond donors (Lipinski definition) is 0. The third kappa shape index (κ3) is 6.29. The summed E-state index contributed by atoms with van der Waals surface area (Å²) < 4.78 is 0. The van der Waals surface area contributed by atoms with Gasteiger partial charge in [0.25, 0.3) is 0 Å². The van der Waals surface area contributed by atoms with Crippen LogP contribution in [0, 0.1) is 47.3 Å². The number of hydrogen-bond acceptors (Lipinski definition) is 0. The van der Waals surface area contributed by atoms with E-state index in [1.54, 1.807) is 11.1 Å². The van der Waals surface area contributed by atoms with Crippen LogP contribution in [0.25, 0.3) is 11.1 Å². The molecule has 2 saturated carbocycles. The minimum atomic E-state index is -1.79. The van der Waals surface area contributed by atoms with E-state index in [0.717, 1.165) is 22.9 Å². The van der Waals surface area contributed by atoms with Crippen molar-refractivity contribution >= 4 is 19.2 Å². The molecule has 4 aliphatic carbocycles. The molecule has 252 valence electrons. The molecule has 8 unspecified atom stereocenters. The Morgan fingerprint density at radius 1 is 0.553 bits per heavy atom. The first kappa shape index (κ1) is 34.5. The van der Waals surface area contributed by atoms with E-state index in [9.17, 15) is 0 Å².